The van der Waals surface area contributed by atoms with Crippen LogP contribution >= 0.6 is 31.9 Å². The van der Waals surface area contributed by atoms with Gasteiger partial charge in [-0.25, -0.2) is 0 Å². The van der Waals surface area contributed by atoms with E-state index < -0.39 is 5.56 Å². The largest absolute Gasteiger partial charge is 0.503 e. The first-order valence-corrected chi connectivity index (χ1v) is 3.97. The van der Waals surface area contributed by atoms with Gasteiger partial charge < -0.3 is 10.1 Å². The van der Waals surface area contributed by atoms with E-state index in [0.29, 0.717) is 9.08 Å². The van der Waals surface area contributed by atoms with Crippen molar-refractivity contribution in [2.75, 3.05) is 0 Å². The maximum absolute atomic E-state index is 10.6. The molecule has 1 heterocycles. The first kappa shape index (κ1) is 7.81. The van der Waals surface area contributed by atoms with Crippen molar-refractivity contribution in [2.45, 2.75) is 0 Å². The lowest BCUT2D eigenvalue weighted by atomic mass is 10.5. The monoisotopic (exact) mass is 267 g/mol. The highest BCUT2D eigenvalue weighted by Gasteiger charge is 2.00. The summed E-state index contributed by atoms with van der Waals surface area (Å²) in [6.07, 6.45) is 0. The number of rotatable bonds is 0. The van der Waals surface area contributed by atoms with Gasteiger partial charge in [-0.15, -0.1) is 0 Å². The Morgan fingerprint density at radius 2 is 2.10 bits per heavy atom. The molecule has 0 spiro atoms. The number of nitrogens with one attached hydrogen (secondary N) is 1. The molecule has 0 unspecified atom stereocenters. The quantitative estimate of drug-likeness (QED) is 0.703. The molecule has 10 heavy (non-hydrogen) atoms. The van der Waals surface area contributed by atoms with E-state index in [1.54, 1.807) is 0 Å². The van der Waals surface area contributed by atoms with E-state index in [9.17, 15) is 4.79 Å². The zero-order valence-electron chi connectivity index (χ0n) is 4.69. The topological polar surface area (TPSA) is 53.1 Å². The van der Waals surface area contributed by atoms with E-state index in [1.165, 1.54) is 6.07 Å². The van der Waals surface area contributed by atoms with Crippen LogP contribution in [0.2, 0.25) is 0 Å². The van der Waals surface area contributed by atoms with Crippen molar-refractivity contribution in [3.8, 4) is 5.75 Å². The van der Waals surface area contributed by atoms with Crippen LogP contribution in [-0.4, -0.2) is 10.1 Å². The number of halogens is 2. The average Bonchev–Trinajstić information content (AvgIpc) is 1.84. The SMILES string of the molecule is O=c1[nH]c(Br)c(Br)cc1O. The first-order valence-electron chi connectivity index (χ1n) is 2.38. The molecule has 1 aromatic rings. The lowest BCUT2D eigenvalue weighted by Crippen LogP contribution is -2.04. The standard InChI is InChI=1S/C5H3Br2NO2/c6-2-1-3(9)5(10)8-4(2)7/h1,9H,(H,8,10). The maximum atomic E-state index is 10.6. The Morgan fingerprint density at radius 1 is 1.50 bits per heavy atom. The van der Waals surface area contributed by atoms with Crippen LogP contribution in [0.15, 0.2) is 19.9 Å². The number of H-pyrrole nitrogens is 1. The van der Waals surface area contributed by atoms with E-state index in [4.69, 9.17) is 5.11 Å². The van der Waals surface area contributed by atoms with Gasteiger partial charge in [0.25, 0.3) is 5.56 Å². The minimum Gasteiger partial charge on any atom is -0.503 e. The molecule has 0 radical (unpaired) electrons. The number of hydrogen-bond donors (Lipinski definition) is 2. The molecular weight excluding hydrogens is 266 g/mol. The van der Waals surface area contributed by atoms with Crippen molar-refractivity contribution in [2.24, 2.45) is 0 Å². The second-order valence-corrected chi connectivity index (χ2v) is 3.29. The molecule has 0 saturated carbocycles. The molecule has 0 aliphatic heterocycles. The Bertz CT molecular complexity index is 307. The second kappa shape index (κ2) is 2.75. The highest BCUT2D eigenvalue weighted by molar-refractivity contribution is 9.13. The summed E-state index contributed by atoms with van der Waals surface area (Å²) in [5.74, 6) is -0.296. The molecule has 0 aliphatic rings. The molecule has 1 rings (SSSR count). The smallest absolute Gasteiger partial charge is 0.290 e. The lowest BCUT2D eigenvalue weighted by molar-refractivity contribution is 0.465. The van der Waals surface area contributed by atoms with Crippen LogP contribution in [0.1, 0.15) is 0 Å². The van der Waals surface area contributed by atoms with Crippen LogP contribution in [-0.2, 0) is 0 Å². The summed E-state index contributed by atoms with van der Waals surface area (Å²) in [6, 6.07) is 1.32. The molecule has 0 atom stereocenters. The van der Waals surface area contributed by atoms with E-state index >= 15 is 0 Å². The van der Waals surface area contributed by atoms with Crippen LogP contribution < -0.4 is 5.56 Å². The fourth-order valence-corrected chi connectivity index (χ4v) is 1.08. The Kier molecular flexibility index (Phi) is 2.15. The van der Waals surface area contributed by atoms with Gasteiger partial charge in [0.05, 0.1) is 9.08 Å². The first-order chi connectivity index (χ1) is 4.61. The second-order valence-electron chi connectivity index (χ2n) is 1.65. The van der Waals surface area contributed by atoms with Crippen molar-refractivity contribution in [3.05, 3.63) is 25.5 Å². The van der Waals surface area contributed by atoms with E-state index in [1.807, 2.05) is 0 Å². The third kappa shape index (κ3) is 1.41. The number of aromatic hydroxyl groups is 1. The molecule has 5 heteroatoms. The third-order valence-corrected chi connectivity index (χ3v) is 2.71. The molecule has 2 N–H and O–H groups in total. The Balaban J connectivity index is 3.43. The van der Waals surface area contributed by atoms with Crippen LogP contribution in [0.3, 0.4) is 0 Å². The molecule has 0 amide bonds. The molecule has 0 aromatic carbocycles. The maximum Gasteiger partial charge on any atom is 0.290 e. The Hall–Kier alpha value is -0.290. The van der Waals surface area contributed by atoms with Gasteiger partial charge >= 0.3 is 0 Å². The average molecular weight is 269 g/mol. The number of aromatic nitrogens is 1. The molecular formula is C5H3Br2NO2. The molecule has 1 aromatic heterocycles. The Labute approximate surface area is 73.3 Å². The summed E-state index contributed by atoms with van der Waals surface area (Å²) >= 11 is 6.17. The summed E-state index contributed by atoms with van der Waals surface area (Å²) in [5, 5.41) is 8.83. The van der Waals surface area contributed by atoms with Gasteiger partial charge in [0.15, 0.2) is 5.75 Å². The molecule has 3 nitrogen and oxygen atoms in total. The van der Waals surface area contributed by atoms with Gasteiger partial charge in [-0.05, 0) is 31.9 Å². The van der Waals surface area contributed by atoms with Crippen molar-refractivity contribution in [1.29, 1.82) is 0 Å². The van der Waals surface area contributed by atoms with Gasteiger partial charge in [0.1, 0.15) is 0 Å². The van der Waals surface area contributed by atoms with Gasteiger partial charge in [0, 0.05) is 6.07 Å². The van der Waals surface area contributed by atoms with Gasteiger partial charge in [0.2, 0.25) is 0 Å². The minimum absolute atomic E-state index is 0.296. The zero-order chi connectivity index (χ0) is 7.72. The van der Waals surface area contributed by atoms with Gasteiger partial charge in [-0.1, -0.05) is 0 Å². The highest BCUT2D eigenvalue weighted by Crippen LogP contribution is 2.20. The number of hydrogen-bond acceptors (Lipinski definition) is 2. The predicted octanol–water partition coefficient (Wildman–Crippen LogP) is 1.61. The van der Waals surface area contributed by atoms with Crippen molar-refractivity contribution in [1.82, 2.24) is 4.98 Å². The lowest BCUT2D eigenvalue weighted by Gasteiger charge is -1.94. The Morgan fingerprint density at radius 3 is 2.60 bits per heavy atom. The normalized spacial score (nSPS) is 9.80. The molecule has 0 fully saturated rings. The highest BCUT2D eigenvalue weighted by atomic mass is 79.9. The zero-order valence-corrected chi connectivity index (χ0v) is 7.86. The molecule has 54 valence electrons. The third-order valence-electron chi connectivity index (χ3n) is 0.929. The van der Waals surface area contributed by atoms with Crippen molar-refractivity contribution < 1.29 is 5.11 Å². The van der Waals surface area contributed by atoms with Gasteiger partial charge in [-0.2, -0.15) is 0 Å². The van der Waals surface area contributed by atoms with Crippen LogP contribution in [0, 0.1) is 0 Å². The number of pyridine rings is 1. The van der Waals surface area contributed by atoms with Crippen molar-refractivity contribution in [3.63, 3.8) is 0 Å². The van der Waals surface area contributed by atoms with Crippen LogP contribution in [0.25, 0.3) is 0 Å². The van der Waals surface area contributed by atoms with Crippen molar-refractivity contribution >= 4 is 31.9 Å². The minimum atomic E-state index is -0.505. The van der Waals surface area contributed by atoms with Gasteiger partial charge in [-0.3, -0.25) is 4.79 Å². The molecule has 0 saturated heterocycles. The van der Waals surface area contributed by atoms with Crippen LogP contribution in [0.5, 0.6) is 5.75 Å². The van der Waals surface area contributed by atoms with E-state index in [0.717, 1.165) is 0 Å². The summed E-state index contributed by atoms with van der Waals surface area (Å²) in [6.45, 7) is 0. The fourth-order valence-electron chi connectivity index (χ4n) is 0.472. The summed E-state index contributed by atoms with van der Waals surface area (Å²) in [4.78, 5) is 13.0. The van der Waals surface area contributed by atoms with E-state index in [-0.39, 0.29) is 5.75 Å². The molecule has 0 aliphatic carbocycles. The summed E-state index contributed by atoms with van der Waals surface area (Å²) < 4.78 is 1.14. The number of aromatic amines is 1. The summed E-state index contributed by atoms with van der Waals surface area (Å²) in [7, 11) is 0. The summed E-state index contributed by atoms with van der Waals surface area (Å²) in [5.41, 5.74) is -0.505. The predicted molar refractivity (Wildman–Crippen MR) is 44.1 cm³/mol. The van der Waals surface area contributed by atoms with Crippen LogP contribution in [0.4, 0.5) is 0 Å². The van der Waals surface area contributed by atoms with E-state index in [2.05, 4.69) is 36.8 Å². The molecule has 0 bridgehead atoms. The fraction of sp³-hybridized carbons (Fsp3) is 0.